The van der Waals surface area contributed by atoms with Crippen molar-refractivity contribution in [2.75, 3.05) is 6.79 Å². The highest BCUT2D eigenvalue weighted by atomic mass is 16.7. The summed E-state index contributed by atoms with van der Waals surface area (Å²) in [6.07, 6.45) is 3.26. The van der Waals surface area contributed by atoms with Crippen LogP contribution in [0.2, 0.25) is 0 Å². The fourth-order valence-electron chi connectivity index (χ4n) is 2.97. The van der Waals surface area contributed by atoms with Crippen LogP contribution in [-0.2, 0) is 4.79 Å². The number of hydrogen-bond donors (Lipinski definition) is 1. The van der Waals surface area contributed by atoms with Crippen LogP contribution in [-0.4, -0.2) is 22.8 Å². The molecule has 1 N–H and O–H groups in total. The number of carbonyl (C=O) groups is 1. The van der Waals surface area contributed by atoms with E-state index < -0.39 is 6.04 Å². The second kappa shape index (κ2) is 8.18. The standard InChI is InChI=1S/C22H21N3O4/c1-14(2)20(23-19(26)11-8-15-6-4-3-5-7-15)22-24-21(25-29-22)16-9-10-17-18(12-16)28-13-27-17/h3-12,14,20H,13H2,1-2H3,(H,23,26). The van der Waals surface area contributed by atoms with Gasteiger partial charge in [0.1, 0.15) is 6.04 Å². The minimum Gasteiger partial charge on any atom is -0.454 e. The molecule has 1 unspecified atom stereocenters. The van der Waals surface area contributed by atoms with Gasteiger partial charge in [-0.3, -0.25) is 4.79 Å². The molecule has 1 amide bonds. The van der Waals surface area contributed by atoms with Crippen molar-refractivity contribution in [2.45, 2.75) is 19.9 Å². The van der Waals surface area contributed by atoms with E-state index in [1.807, 2.05) is 62.4 Å². The molecule has 7 nitrogen and oxygen atoms in total. The predicted molar refractivity (Wildman–Crippen MR) is 107 cm³/mol. The van der Waals surface area contributed by atoms with Crippen molar-refractivity contribution >= 4 is 12.0 Å². The average Bonchev–Trinajstić information content (AvgIpc) is 3.40. The van der Waals surface area contributed by atoms with Gasteiger partial charge in [0, 0.05) is 11.6 Å². The van der Waals surface area contributed by atoms with E-state index >= 15 is 0 Å². The van der Waals surface area contributed by atoms with Crippen molar-refractivity contribution in [1.82, 2.24) is 15.5 Å². The van der Waals surface area contributed by atoms with Crippen LogP contribution in [0.3, 0.4) is 0 Å². The smallest absolute Gasteiger partial charge is 0.249 e. The molecule has 0 aliphatic carbocycles. The van der Waals surface area contributed by atoms with Crippen molar-refractivity contribution in [3.63, 3.8) is 0 Å². The molecule has 1 aliphatic rings. The van der Waals surface area contributed by atoms with E-state index in [2.05, 4.69) is 15.5 Å². The lowest BCUT2D eigenvalue weighted by atomic mass is 10.0. The normalized spacial score (nSPS) is 13.8. The second-order valence-electron chi connectivity index (χ2n) is 7.00. The molecule has 1 aliphatic heterocycles. The molecule has 0 bridgehead atoms. The maximum absolute atomic E-state index is 12.4. The van der Waals surface area contributed by atoms with Crippen molar-refractivity contribution in [2.24, 2.45) is 5.92 Å². The minimum absolute atomic E-state index is 0.0640. The van der Waals surface area contributed by atoms with Crippen molar-refractivity contribution in [3.05, 3.63) is 66.1 Å². The van der Waals surface area contributed by atoms with Crippen LogP contribution in [0.15, 0.2) is 59.1 Å². The largest absolute Gasteiger partial charge is 0.454 e. The van der Waals surface area contributed by atoms with Crippen LogP contribution in [0.5, 0.6) is 11.5 Å². The number of ether oxygens (including phenoxy) is 2. The molecule has 0 spiro atoms. The number of hydrogen-bond acceptors (Lipinski definition) is 6. The Kier molecular flexibility index (Phi) is 5.29. The maximum atomic E-state index is 12.4. The Bertz CT molecular complexity index is 1030. The SMILES string of the molecule is CC(C)C(NC(=O)C=Cc1ccccc1)c1nc(-c2ccc3c(c2)OCO3)no1. The van der Waals surface area contributed by atoms with Gasteiger partial charge in [0.25, 0.3) is 0 Å². The Hall–Kier alpha value is -3.61. The van der Waals surface area contributed by atoms with Crippen molar-refractivity contribution in [1.29, 1.82) is 0 Å². The molecule has 2 aromatic carbocycles. The molecular weight excluding hydrogens is 370 g/mol. The van der Waals surface area contributed by atoms with Crippen LogP contribution in [0.4, 0.5) is 0 Å². The third kappa shape index (κ3) is 4.29. The van der Waals surface area contributed by atoms with Gasteiger partial charge in [-0.15, -0.1) is 0 Å². The molecule has 0 saturated carbocycles. The Morgan fingerprint density at radius 3 is 2.69 bits per heavy atom. The van der Waals surface area contributed by atoms with Gasteiger partial charge in [0.05, 0.1) is 0 Å². The van der Waals surface area contributed by atoms with E-state index in [9.17, 15) is 4.79 Å². The van der Waals surface area contributed by atoms with Crippen molar-refractivity contribution in [3.8, 4) is 22.9 Å². The first-order valence-corrected chi connectivity index (χ1v) is 9.37. The molecule has 29 heavy (non-hydrogen) atoms. The molecule has 0 saturated heterocycles. The molecule has 0 fully saturated rings. The Morgan fingerprint density at radius 2 is 1.90 bits per heavy atom. The van der Waals surface area contributed by atoms with Crippen LogP contribution in [0.1, 0.15) is 31.3 Å². The summed E-state index contributed by atoms with van der Waals surface area (Å²) < 4.78 is 16.2. The highest BCUT2D eigenvalue weighted by Gasteiger charge is 2.25. The highest BCUT2D eigenvalue weighted by molar-refractivity contribution is 5.91. The molecule has 0 radical (unpaired) electrons. The van der Waals surface area contributed by atoms with E-state index in [4.69, 9.17) is 14.0 Å². The van der Waals surface area contributed by atoms with Gasteiger partial charge in [0.2, 0.25) is 24.4 Å². The summed E-state index contributed by atoms with van der Waals surface area (Å²) in [6.45, 7) is 4.17. The van der Waals surface area contributed by atoms with Gasteiger partial charge in [-0.25, -0.2) is 0 Å². The molecule has 3 aromatic rings. The second-order valence-corrected chi connectivity index (χ2v) is 7.00. The molecular formula is C22H21N3O4. The first-order valence-electron chi connectivity index (χ1n) is 9.37. The number of benzene rings is 2. The number of rotatable bonds is 6. The summed E-state index contributed by atoms with van der Waals surface area (Å²) in [7, 11) is 0. The maximum Gasteiger partial charge on any atom is 0.249 e. The van der Waals surface area contributed by atoms with E-state index in [1.54, 1.807) is 6.08 Å². The molecule has 1 atom stereocenters. The third-order valence-electron chi connectivity index (χ3n) is 4.53. The van der Waals surface area contributed by atoms with Crippen LogP contribution in [0, 0.1) is 5.92 Å². The van der Waals surface area contributed by atoms with Gasteiger partial charge in [-0.05, 0) is 35.8 Å². The lowest BCUT2D eigenvalue weighted by Gasteiger charge is -2.17. The number of nitrogens with one attached hydrogen (secondary N) is 1. The van der Waals surface area contributed by atoms with E-state index in [0.717, 1.165) is 11.1 Å². The first kappa shape index (κ1) is 18.7. The van der Waals surface area contributed by atoms with Crippen LogP contribution >= 0.6 is 0 Å². The van der Waals surface area contributed by atoms with Crippen LogP contribution < -0.4 is 14.8 Å². The fourth-order valence-corrected chi connectivity index (χ4v) is 2.97. The molecule has 148 valence electrons. The van der Waals surface area contributed by atoms with Gasteiger partial charge in [-0.1, -0.05) is 49.3 Å². The topological polar surface area (TPSA) is 86.5 Å². The fraction of sp³-hybridized carbons (Fsp3) is 0.227. The molecule has 4 rings (SSSR count). The average molecular weight is 391 g/mol. The number of fused-ring (bicyclic) bond motifs is 1. The first-order chi connectivity index (χ1) is 14.1. The highest BCUT2D eigenvalue weighted by Crippen LogP contribution is 2.35. The monoisotopic (exact) mass is 391 g/mol. The van der Waals surface area contributed by atoms with Gasteiger partial charge < -0.3 is 19.3 Å². The number of amides is 1. The Labute approximate surface area is 168 Å². The predicted octanol–water partition coefficient (Wildman–Crippen LogP) is 3.99. The van der Waals surface area contributed by atoms with E-state index in [0.29, 0.717) is 23.2 Å². The summed E-state index contributed by atoms with van der Waals surface area (Å²) in [4.78, 5) is 16.9. The van der Waals surface area contributed by atoms with Crippen molar-refractivity contribution < 1.29 is 18.8 Å². The lowest BCUT2D eigenvalue weighted by Crippen LogP contribution is -2.30. The van der Waals surface area contributed by atoms with Gasteiger partial charge in [-0.2, -0.15) is 4.98 Å². The summed E-state index contributed by atoms with van der Waals surface area (Å²) in [5.41, 5.74) is 1.70. The minimum atomic E-state index is -0.404. The summed E-state index contributed by atoms with van der Waals surface area (Å²) in [5.74, 6) is 1.96. The number of aromatic nitrogens is 2. The van der Waals surface area contributed by atoms with E-state index in [-0.39, 0.29) is 18.6 Å². The Morgan fingerprint density at radius 1 is 1.10 bits per heavy atom. The number of nitrogens with zero attached hydrogens (tertiary/aromatic N) is 2. The quantitative estimate of drug-likeness (QED) is 0.640. The zero-order valence-corrected chi connectivity index (χ0v) is 16.2. The number of carbonyl (C=O) groups excluding carboxylic acids is 1. The molecule has 2 heterocycles. The summed E-state index contributed by atoms with van der Waals surface area (Å²) >= 11 is 0. The zero-order valence-electron chi connectivity index (χ0n) is 16.2. The summed E-state index contributed by atoms with van der Waals surface area (Å²) in [6, 6.07) is 14.7. The van der Waals surface area contributed by atoms with E-state index in [1.165, 1.54) is 6.08 Å². The Balaban J connectivity index is 1.49. The molecule has 1 aromatic heterocycles. The van der Waals surface area contributed by atoms with Gasteiger partial charge in [0.15, 0.2) is 11.5 Å². The lowest BCUT2D eigenvalue weighted by molar-refractivity contribution is -0.117. The summed E-state index contributed by atoms with van der Waals surface area (Å²) in [5, 5.41) is 7.01. The van der Waals surface area contributed by atoms with Gasteiger partial charge >= 0.3 is 0 Å². The third-order valence-corrected chi connectivity index (χ3v) is 4.53. The molecule has 7 heteroatoms. The van der Waals surface area contributed by atoms with Crippen LogP contribution in [0.25, 0.3) is 17.5 Å². The zero-order chi connectivity index (χ0) is 20.2.